The van der Waals surface area contributed by atoms with E-state index in [2.05, 4.69) is 5.32 Å². The third kappa shape index (κ3) is 4.57. The van der Waals surface area contributed by atoms with Crippen LogP contribution >= 0.6 is 0 Å². The van der Waals surface area contributed by atoms with Crippen LogP contribution < -0.4 is 10.1 Å². The van der Waals surface area contributed by atoms with E-state index in [1.54, 1.807) is 56.6 Å². The molecule has 2 aromatic carbocycles. The number of hydrogen-bond acceptors (Lipinski definition) is 4. The highest BCUT2D eigenvalue weighted by Crippen LogP contribution is 2.22. The summed E-state index contributed by atoms with van der Waals surface area (Å²) in [6, 6.07) is 13.0. The molecular weight excluding hydrogens is 297 g/mol. The normalized spacial score (nSPS) is 11.0. The summed E-state index contributed by atoms with van der Waals surface area (Å²) in [7, 11) is 1.56. The van der Waals surface area contributed by atoms with Gasteiger partial charge in [-0.2, -0.15) is 0 Å². The number of esters is 1. The van der Waals surface area contributed by atoms with Gasteiger partial charge in [0.1, 0.15) is 11.6 Å². The van der Waals surface area contributed by atoms with Crippen LogP contribution in [-0.2, 0) is 9.53 Å². The number of ether oxygens (including phenoxy) is 2. The summed E-state index contributed by atoms with van der Waals surface area (Å²) in [5, 5.41) is 2.98. The molecule has 0 bridgehead atoms. The minimum Gasteiger partial charge on any atom is -0.497 e. The second-order valence-electron chi connectivity index (χ2n) is 4.66. The summed E-state index contributed by atoms with van der Waals surface area (Å²) in [4.78, 5) is 12.2. The number of halogens is 1. The quantitative estimate of drug-likeness (QED) is 0.650. The van der Waals surface area contributed by atoms with E-state index in [0.29, 0.717) is 22.6 Å². The SMILES string of the molecule is CCOC(=O)/C(=C/Nc1ccc(F)cc1)c1cccc(OC)c1. The standard InChI is InChI=1S/C18H18FNO3/c1-3-23-18(21)17(13-5-4-6-16(11-13)22-2)12-20-15-9-7-14(19)8-10-15/h4-12,20H,3H2,1-2H3/b17-12+. The van der Waals surface area contributed by atoms with Crippen molar-refractivity contribution in [2.75, 3.05) is 19.0 Å². The third-order valence-electron chi connectivity index (χ3n) is 3.10. The Labute approximate surface area is 134 Å². The number of nitrogens with one attached hydrogen (secondary N) is 1. The molecule has 0 aromatic heterocycles. The molecule has 0 saturated heterocycles. The van der Waals surface area contributed by atoms with Crippen LogP contribution in [0.5, 0.6) is 5.75 Å². The Morgan fingerprint density at radius 1 is 1.22 bits per heavy atom. The predicted molar refractivity (Wildman–Crippen MR) is 87.6 cm³/mol. The number of carbonyl (C=O) groups excluding carboxylic acids is 1. The van der Waals surface area contributed by atoms with Crippen LogP contribution in [0.4, 0.5) is 10.1 Å². The Morgan fingerprint density at radius 3 is 2.61 bits per heavy atom. The number of benzene rings is 2. The van der Waals surface area contributed by atoms with Crippen molar-refractivity contribution in [1.82, 2.24) is 0 Å². The van der Waals surface area contributed by atoms with Gasteiger partial charge in [-0.3, -0.25) is 0 Å². The van der Waals surface area contributed by atoms with E-state index in [0.717, 1.165) is 0 Å². The number of methoxy groups -OCH3 is 1. The Bertz CT molecular complexity index is 696. The highest BCUT2D eigenvalue weighted by molar-refractivity contribution is 6.16. The molecule has 0 fully saturated rings. The van der Waals surface area contributed by atoms with Gasteiger partial charge in [-0.05, 0) is 48.9 Å². The molecule has 5 heteroatoms. The van der Waals surface area contributed by atoms with E-state index in [1.165, 1.54) is 12.1 Å². The van der Waals surface area contributed by atoms with Crippen LogP contribution in [0.3, 0.4) is 0 Å². The molecular formula is C18H18FNO3. The average Bonchev–Trinajstić information content (AvgIpc) is 2.57. The number of hydrogen-bond donors (Lipinski definition) is 1. The van der Waals surface area contributed by atoms with E-state index in [4.69, 9.17) is 9.47 Å². The predicted octanol–water partition coefficient (Wildman–Crippen LogP) is 3.85. The van der Waals surface area contributed by atoms with E-state index >= 15 is 0 Å². The second-order valence-corrected chi connectivity index (χ2v) is 4.66. The van der Waals surface area contributed by atoms with Crippen molar-refractivity contribution in [3.63, 3.8) is 0 Å². The Balaban J connectivity index is 2.30. The maximum atomic E-state index is 12.9. The van der Waals surface area contributed by atoms with E-state index < -0.39 is 5.97 Å². The zero-order valence-corrected chi connectivity index (χ0v) is 13.0. The number of carbonyl (C=O) groups is 1. The van der Waals surface area contributed by atoms with Gasteiger partial charge in [0.05, 0.1) is 19.3 Å². The molecule has 120 valence electrons. The van der Waals surface area contributed by atoms with Crippen molar-refractivity contribution in [3.8, 4) is 5.75 Å². The highest BCUT2D eigenvalue weighted by atomic mass is 19.1. The van der Waals surface area contributed by atoms with Crippen LogP contribution in [0.15, 0.2) is 54.7 Å². The molecule has 0 heterocycles. The lowest BCUT2D eigenvalue weighted by molar-refractivity contribution is -0.136. The first-order chi connectivity index (χ1) is 11.1. The van der Waals surface area contributed by atoms with Crippen LogP contribution in [-0.4, -0.2) is 19.7 Å². The molecule has 0 atom stereocenters. The molecule has 2 rings (SSSR count). The second kappa shape index (κ2) is 7.98. The van der Waals surface area contributed by atoms with Gasteiger partial charge in [0.15, 0.2) is 0 Å². The average molecular weight is 315 g/mol. The summed E-state index contributed by atoms with van der Waals surface area (Å²) < 4.78 is 23.2. The topological polar surface area (TPSA) is 47.6 Å². The van der Waals surface area contributed by atoms with Gasteiger partial charge in [-0.25, -0.2) is 9.18 Å². The van der Waals surface area contributed by atoms with Crippen molar-refractivity contribution in [2.24, 2.45) is 0 Å². The van der Waals surface area contributed by atoms with Crippen molar-refractivity contribution in [2.45, 2.75) is 6.92 Å². The van der Waals surface area contributed by atoms with Crippen LogP contribution in [0.2, 0.25) is 0 Å². The molecule has 0 amide bonds. The summed E-state index contributed by atoms with van der Waals surface area (Å²) >= 11 is 0. The zero-order chi connectivity index (χ0) is 16.7. The molecule has 0 saturated carbocycles. The first-order valence-corrected chi connectivity index (χ1v) is 7.18. The van der Waals surface area contributed by atoms with E-state index in [1.807, 2.05) is 0 Å². The fourth-order valence-corrected chi connectivity index (χ4v) is 1.96. The molecule has 2 aromatic rings. The van der Waals surface area contributed by atoms with Gasteiger partial charge >= 0.3 is 5.97 Å². The lowest BCUT2D eigenvalue weighted by Crippen LogP contribution is -2.08. The fourth-order valence-electron chi connectivity index (χ4n) is 1.96. The Hall–Kier alpha value is -2.82. The summed E-state index contributed by atoms with van der Waals surface area (Å²) in [6.07, 6.45) is 1.54. The molecule has 23 heavy (non-hydrogen) atoms. The number of rotatable bonds is 6. The molecule has 0 aliphatic carbocycles. The molecule has 0 radical (unpaired) electrons. The van der Waals surface area contributed by atoms with Gasteiger partial charge in [-0.1, -0.05) is 12.1 Å². The zero-order valence-electron chi connectivity index (χ0n) is 13.0. The molecule has 0 aliphatic rings. The maximum absolute atomic E-state index is 12.9. The molecule has 4 nitrogen and oxygen atoms in total. The van der Waals surface area contributed by atoms with Crippen LogP contribution in [0.1, 0.15) is 12.5 Å². The summed E-state index contributed by atoms with van der Waals surface area (Å²) in [6.45, 7) is 2.02. The molecule has 0 spiro atoms. The Kier molecular flexibility index (Phi) is 5.74. The summed E-state index contributed by atoms with van der Waals surface area (Å²) in [5.41, 5.74) is 1.68. The third-order valence-corrected chi connectivity index (χ3v) is 3.10. The van der Waals surface area contributed by atoms with Gasteiger partial charge < -0.3 is 14.8 Å². The largest absolute Gasteiger partial charge is 0.497 e. The minimum atomic E-state index is -0.449. The fraction of sp³-hybridized carbons (Fsp3) is 0.167. The van der Waals surface area contributed by atoms with Gasteiger partial charge in [0.2, 0.25) is 0 Å². The van der Waals surface area contributed by atoms with Gasteiger partial charge in [0.25, 0.3) is 0 Å². The molecule has 1 N–H and O–H groups in total. The highest BCUT2D eigenvalue weighted by Gasteiger charge is 2.14. The van der Waals surface area contributed by atoms with Crippen molar-refractivity contribution >= 4 is 17.2 Å². The lowest BCUT2D eigenvalue weighted by Gasteiger charge is -2.10. The minimum absolute atomic E-state index is 0.274. The van der Waals surface area contributed by atoms with Crippen molar-refractivity contribution in [3.05, 3.63) is 66.1 Å². The summed E-state index contributed by atoms with van der Waals surface area (Å²) in [5.74, 6) is -0.132. The maximum Gasteiger partial charge on any atom is 0.340 e. The first-order valence-electron chi connectivity index (χ1n) is 7.18. The number of anilines is 1. The Morgan fingerprint density at radius 2 is 1.96 bits per heavy atom. The van der Waals surface area contributed by atoms with Gasteiger partial charge in [-0.15, -0.1) is 0 Å². The van der Waals surface area contributed by atoms with Crippen LogP contribution in [0, 0.1) is 5.82 Å². The van der Waals surface area contributed by atoms with Gasteiger partial charge in [0, 0.05) is 11.9 Å². The molecule has 0 unspecified atom stereocenters. The van der Waals surface area contributed by atoms with Crippen molar-refractivity contribution in [1.29, 1.82) is 0 Å². The lowest BCUT2D eigenvalue weighted by atomic mass is 10.1. The van der Waals surface area contributed by atoms with E-state index in [-0.39, 0.29) is 12.4 Å². The van der Waals surface area contributed by atoms with Crippen molar-refractivity contribution < 1.29 is 18.7 Å². The van der Waals surface area contributed by atoms with Crippen LogP contribution in [0.25, 0.3) is 5.57 Å². The first kappa shape index (κ1) is 16.5. The molecule has 0 aliphatic heterocycles. The smallest absolute Gasteiger partial charge is 0.340 e. The van der Waals surface area contributed by atoms with E-state index in [9.17, 15) is 9.18 Å². The monoisotopic (exact) mass is 315 g/mol.